The molecule has 0 spiro atoms. The predicted octanol–water partition coefficient (Wildman–Crippen LogP) is -0.519. The van der Waals surface area contributed by atoms with Crippen molar-refractivity contribution in [2.24, 2.45) is 5.84 Å². The van der Waals surface area contributed by atoms with Gasteiger partial charge in [0.1, 0.15) is 0 Å². The van der Waals surface area contributed by atoms with E-state index in [2.05, 4.69) is 10.7 Å². The van der Waals surface area contributed by atoms with Crippen LogP contribution in [0.25, 0.3) is 0 Å². The summed E-state index contributed by atoms with van der Waals surface area (Å²) >= 11 is 4.75. The van der Waals surface area contributed by atoms with Crippen LogP contribution in [0.2, 0.25) is 0 Å². The van der Waals surface area contributed by atoms with E-state index in [0.717, 1.165) is 6.42 Å². The fourth-order valence-corrected chi connectivity index (χ4v) is 1.16. The smallest absolute Gasteiger partial charge is 0.180 e. The summed E-state index contributed by atoms with van der Waals surface area (Å²) < 4.78 is 10.9. The van der Waals surface area contributed by atoms with Crippen molar-refractivity contribution in [2.45, 2.75) is 18.6 Å². The molecule has 0 aliphatic heterocycles. The van der Waals surface area contributed by atoms with Crippen LogP contribution in [-0.4, -0.2) is 27.4 Å². The highest BCUT2D eigenvalue weighted by atomic mass is 32.2. The largest absolute Gasteiger partial charge is 0.362 e. The maximum absolute atomic E-state index is 10.9. The van der Waals surface area contributed by atoms with E-state index in [-0.39, 0.29) is 5.25 Å². The van der Waals surface area contributed by atoms with Gasteiger partial charge in [0.05, 0.1) is 0 Å². The fourth-order valence-electron chi connectivity index (χ4n) is 0.606. The van der Waals surface area contributed by atoms with Crippen LogP contribution >= 0.6 is 12.2 Å². The van der Waals surface area contributed by atoms with Crippen molar-refractivity contribution in [3.05, 3.63) is 0 Å². The highest BCUT2D eigenvalue weighted by molar-refractivity contribution is 7.84. The van der Waals surface area contributed by atoms with Gasteiger partial charge in [-0.3, -0.25) is 4.21 Å². The van der Waals surface area contributed by atoms with Crippen molar-refractivity contribution in [3.63, 3.8) is 0 Å². The summed E-state index contributed by atoms with van der Waals surface area (Å²) in [7, 11) is -0.762. The summed E-state index contributed by atoms with van der Waals surface area (Å²) in [5, 5.41) is 3.49. The zero-order valence-electron chi connectivity index (χ0n) is 7.29. The van der Waals surface area contributed by atoms with Crippen molar-refractivity contribution in [3.8, 4) is 0 Å². The lowest BCUT2D eigenvalue weighted by Gasteiger charge is -2.09. The molecular weight excluding hydrogens is 194 g/mol. The van der Waals surface area contributed by atoms with Gasteiger partial charge >= 0.3 is 0 Å². The van der Waals surface area contributed by atoms with Gasteiger partial charge in [0.2, 0.25) is 0 Å². The number of nitrogens with two attached hydrogens (primary N) is 1. The van der Waals surface area contributed by atoms with Crippen LogP contribution in [0.4, 0.5) is 0 Å². The van der Waals surface area contributed by atoms with Crippen molar-refractivity contribution in [1.29, 1.82) is 0 Å². The van der Waals surface area contributed by atoms with Crippen LogP contribution < -0.4 is 16.6 Å². The summed E-state index contributed by atoms with van der Waals surface area (Å²) in [6.07, 6.45) is 2.52. The SMILES string of the molecule is CC(CCNC(=S)NN)S(C)=O. The zero-order valence-corrected chi connectivity index (χ0v) is 8.93. The number of hydrogen-bond acceptors (Lipinski definition) is 3. The number of nitrogens with one attached hydrogen (secondary N) is 2. The van der Waals surface area contributed by atoms with Gasteiger partial charge in [-0.15, -0.1) is 0 Å². The molecule has 0 amide bonds. The highest BCUT2D eigenvalue weighted by Crippen LogP contribution is 1.96. The maximum Gasteiger partial charge on any atom is 0.180 e. The van der Waals surface area contributed by atoms with E-state index in [9.17, 15) is 4.21 Å². The Balaban J connectivity index is 3.43. The average molecular weight is 209 g/mol. The molecule has 0 rings (SSSR count). The summed E-state index contributed by atoms with van der Waals surface area (Å²) in [4.78, 5) is 0. The van der Waals surface area contributed by atoms with E-state index in [1.807, 2.05) is 6.92 Å². The van der Waals surface area contributed by atoms with E-state index < -0.39 is 10.8 Å². The molecule has 0 aliphatic rings. The lowest BCUT2D eigenvalue weighted by Crippen LogP contribution is -2.40. The monoisotopic (exact) mass is 209 g/mol. The average Bonchev–Trinajstić information content (AvgIpc) is 2.03. The van der Waals surface area contributed by atoms with Gasteiger partial charge in [0, 0.05) is 28.9 Å². The summed E-state index contributed by atoms with van der Waals surface area (Å²) in [5.41, 5.74) is 2.31. The van der Waals surface area contributed by atoms with Gasteiger partial charge in [0.25, 0.3) is 0 Å². The first-order valence-electron chi connectivity index (χ1n) is 3.64. The fraction of sp³-hybridized carbons (Fsp3) is 0.833. The number of hydrazine groups is 1. The summed E-state index contributed by atoms with van der Waals surface area (Å²) in [5.74, 6) is 5.04. The Bertz CT molecular complexity index is 174. The first-order valence-corrected chi connectivity index (χ1v) is 5.67. The molecule has 2 unspecified atom stereocenters. The Morgan fingerprint density at radius 2 is 2.33 bits per heavy atom. The second-order valence-corrected chi connectivity index (χ2v) is 4.71. The van der Waals surface area contributed by atoms with Gasteiger partial charge in [-0.1, -0.05) is 6.92 Å². The molecule has 0 bridgehead atoms. The molecule has 0 saturated carbocycles. The molecule has 0 radical (unpaired) electrons. The third-order valence-corrected chi connectivity index (χ3v) is 3.17. The first kappa shape index (κ1) is 11.8. The molecule has 0 heterocycles. The third kappa shape index (κ3) is 5.45. The second kappa shape index (κ2) is 6.33. The van der Waals surface area contributed by atoms with Gasteiger partial charge in [0.15, 0.2) is 5.11 Å². The normalized spacial score (nSPS) is 14.9. The molecule has 0 aromatic rings. The highest BCUT2D eigenvalue weighted by Gasteiger charge is 2.04. The van der Waals surface area contributed by atoms with Crippen LogP contribution in [0, 0.1) is 0 Å². The summed E-state index contributed by atoms with van der Waals surface area (Å²) in [6, 6.07) is 0. The predicted molar refractivity (Wildman–Crippen MR) is 56.1 cm³/mol. The van der Waals surface area contributed by atoms with Crippen LogP contribution in [0.3, 0.4) is 0 Å². The first-order chi connectivity index (χ1) is 5.57. The Labute approximate surface area is 80.7 Å². The molecule has 0 saturated heterocycles. The van der Waals surface area contributed by atoms with Gasteiger partial charge in [-0.2, -0.15) is 0 Å². The van der Waals surface area contributed by atoms with E-state index in [1.165, 1.54) is 0 Å². The van der Waals surface area contributed by atoms with Gasteiger partial charge in [-0.05, 0) is 18.6 Å². The van der Waals surface area contributed by atoms with Crippen molar-refractivity contribution >= 4 is 28.1 Å². The van der Waals surface area contributed by atoms with Crippen molar-refractivity contribution < 1.29 is 4.21 Å². The molecule has 2 atom stereocenters. The number of hydrogen-bond donors (Lipinski definition) is 3. The van der Waals surface area contributed by atoms with Crippen molar-refractivity contribution in [1.82, 2.24) is 10.7 Å². The van der Waals surface area contributed by atoms with E-state index in [4.69, 9.17) is 18.1 Å². The van der Waals surface area contributed by atoms with Crippen LogP contribution in [0.1, 0.15) is 13.3 Å². The molecule has 72 valence electrons. The minimum Gasteiger partial charge on any atom is -0.362 e. The molecule has 0 fully saturated rings. The Morgan fingerprint density at radius 3 is 2.75 bits per heavy atom. The van der Waals surface area contributed by atoms with E-state index in [1.54, 1.807) is 6.26 Å². The van der Waals surface area contributed by atoms with Gasteiger partial charge in [-0.25, -0.2) is 5.84 Å². The van der Waals surface area contributed by atoms with Crippen LogP contribution in [0.5, 0.6) is 0 Å². The zero-order chi connectivity index (χ0) is 9.56. The molecule has 0 aromatic carbocycles. The van der Waals surface area contributed by atoms with Crippen molar-refractivity contribution in [2.75, 3.05) is 12.8 Å². The lowest BCUT2D eigenvalue weighted by molar-refractivity contribution is 0.665. The Kier molecular flexibility index (Phi) is 6.23. The topological polar surface area (TPSA) is 67.2 Å². The Morgan fingerprint density at radius 1 is 1.75 bits per heavy atom. The van der Waals surface area contributed by atoms with Crippen LogP contribution in [0.15, 0.2) is 0 Å². The summed E-state index contributed by atoms with van der Waals surface area (Å²) in [6.45, 7) is 2.64. The quantitative estimate of drug-likeness (QED) is 0.330. The standard InChI is InChI=1S/C6H15N3OS2/c1-5(12(2)10)3-4-8-6(11)9-7/h5H,3-4,7H2,1-2H3,(H2,8,9,11). The molecule has 0 aromatic heterocycles. The molecule has 6 heteroatoms. The van der Waals surface area contributed by atoms with Gasteiger partial charge < -0.3 is 10.7 Å². The molecule has 4 N–H and O–H groups in total. The van der Waals surface area contributed by atoms with E-state index >= 15 is 0 Å². The lowest BCUT2D eigenvalue weighted by atomic mass is 10.3. The molecule has 4 nitrogen and oxygen atoms in total. The number of thiocarbonyl (C=S) groups is 1. The second-order valence-electron chi connectivity index (χ2n) is 2.50. The maximum atomic E-state index is 10.9. The Hall–Kier alpha value is -0.200. The van der Waals surface area contributed by atoms with Crippen LogP contribution in [-0.2, 0) is 10.8 Å². The molecule has 12 heavy (non-hydrogen) atoms. The minimum absolute atomic E-state index is 0.193. The minimum atomic E-state index is -0.762. The number of rotatable bonds is 4. The third-order valence-electron chi connectivity index (χ3n) is 1.53. The molecular formula is C6H15N3OS2. The molecule has 0 aliphatic carbocycles. The van der Waals surface area contributed by atoms with E-state index in [0.29, 0.717) is 11.7 Å².